The lowest BCUT2D eigenvalue weighted by molar-refractivity contribution is 0.100. The van der Waals surface area contributed by atoms with Crippen molar-refractivity contribution in [1.29, 1.82) is 10.5 Å². The van der Waals surface area contributed by atoms with Gasteiger partial charge in [-0.25, -0.2) is 9.67 Å². The molecule has 2 heterocycles. The van der Waals surface area contributed by atoms with E-state index < -0.39 is 0 Å². The van der Waals surface area contributed by atoms with Crippen molar-refractivity contribution in [2.75, 3.05) is 57.7 Å². The highest BCUT2D eigenvalue weighted by Gasteiger charge is 2.18. The molecule has 3 aromatic rings. The van der Waals surface area contributed by atoms with Gasteiger partial charge in [-0.15, -0.1) is 15.3 Å². The number of rotatable bonds is 15. The molecule has 0 amide bonds. The number of hydrogen-bond donors (Lipinski definition) is 3. The summed E-state index contributed by atoms with van der Waals surface area (Å²) in [6.07, 6.45) is 2.99. The number of benzene rings is 1. The Morgan fingerprint density at radius 1 is 1.02 bits per heavy atom. The van der Waals surface area contributed by atoms with Crippen molar-refractivity contribution in [1.82, 2.24) is 14.8 Å². The fourth-order valence-corrected chi connectivity index (χ4v) is 3.72. The van der Waals surface area contributed by atoms with Crippen molar-refractivity contribution in [2.24, 2.45) is 16.0 Å². The normalized spacial score (nSPS) is 10.8. The molecule has 40 heavy (non-hydrogen) atoms. The van der Waals surface area contributed by atoms with E-state index in [2.05, 4.69) is 43.1 Å². The molecule has 13 nitrogen and oxygen atoms in total. The van der Waals surface area contributed by atoms with Gasteiger partial charge in [0.2, 0.25) is 5.82 Å². The van der Waals surface area contributed by atoms with Gasteiger partial charge in [-0.1, -0.05) is 0 Å². The molecule has 0 unspecified atom stereocenters. The third kappa shape index (κ3) is 7.45. The molecule has 1 aromatic carbocycles. The molecule has 0 saturated carbocycles. The Hall–Kier alpha value is -4.69. The van der Waals surface area contributed by atoms with Gasteiger partial charge < -0.3 is 25.8 Å². The molecule has 0 aliphatic carbocycles. The number of aromatic nitrogens is 3. The first-order valence-corrected chi connectivity index (χ1v) is 12.6. The van der Waals surface area contributed by atoms with Crippen LogP contribution in [0.1, 0.15) is 39.9 Å². The lowest BCUT2D eigenvalue weighted by Crippen LogP contribution is -2.13. The average molecular weight is 545 g/mol. The van der Waals surface area contributed by atoms with Gasteiger partial charge in [-0.05, 0) is 44.0 Å². The van der Waals surface area contributed by atoms with Crippen molar-refractivity contribution < 1.29 is 14.3 Å². The summed E-state index contributed by atoms with van der Waals surface area (Å²) in [5, 5.41) is 39.1. The van der Waals surface area contributed by atoms with E-state index in [1.54, 1.807) is 45.4 Å². The summed E-state index contributed by atoms with van der Waals surface area (Å²) in [6, 6.07) is 11.0. The van der Waals surface area contributed by atoms with Crippen LogP contribution < -0.4 is 16.4 Å². The van der Waals surface area contributed by atoms with Crippen LogP contribution in [-0.2, 0) is 9.47 Å². The largest absolute Gasteiger partial charge is 0.385 e. The molecule has 0 radical (unpaired) electrons. The lowest BCUT2D eigenvalue weighted by atomic mass is 10.1. The summed E-state index contributed by atoms with van der Waals surface area (Å²) in [7, 11) is 3.26. The van der Waals surface area contributed by atoms with E-state index in [0.717, 1.165) is 12.8 Å². The Kier molecular flexibility index (Phi) is 11.2. The van der Waals surface area contributed by atoms with Crippen LogP contribution in [0.2, 0.25) is 0 Å². The molecule has 0 spiro atoms. The molecule has 13 heteroatoms. The maximum absolute atomic E-state index is 11.8. The molecule has 0 fully saturated rings. The molecule has 0 aliphatic heterocycles. The van der Waals surface area contributed by atoms with Crippen molar-refractivity contribution in [2.45, 2.75) is 19.8 Å². The van der Waals surface area contributed by atoms with Gasteiger partial charge in [0.05, 0.1) is 24.0 Å². The minimum absolute atomic E-state index is 0.0832. The first-order valence-electron chi connectivity index (χ1n) is 12.6. The lowest BCUT2D eigenvalue weighted by Gasteiger charge is -2.15. The fraction of sp³-hybridized carbons (Fsp3) is 0.370. The summed E-state index contributed by atoms with van der Waals surface area (Å²) in [5.41, 5.74) is 8.01. The molecule has 4 N–H and O–H groups in total. The van der Waals surface area contributed by atoms with Gasteiger partial charge in [0, 0.05) is 51.6 Å². The van der Waals surface area contributed by atoms with E-state index in [1.807, 2.05) is 0 Å². The number of carbonyl (C=O) groups is 1. The van der Waals surface area contributed by atoms with E-state index in [4.69, 9.17) is 15.2 Å². The predicted molar refractivity (Wildman–Crippen MR) is 149 cm³/mol. The maximum Gasteiger partial charge on any atom is 0.213 e. The first kappa shape index (κ1) is 29.9. The van der Waals surface area contributed by atoms with Crippen molar-refractivity contribution >= 4 is 28.9 Å². The number of nitrogens with one attached hydrogen (secondary N) is 2. The van der Waals surface area contributed by atoms with Crippen molar-refractivity contribution in [3.05, 3.63) is 52.7 Å². The Balaban J connectivity index is 1.96. The van der Waals surface area contributed by atoms with Gasteiger partial charge >= 0.3 is 0 Å². The fourth-order valence-electron chi connectivity index (χ4n) is 3.72. The van der Waals surface area contributed by atoms with Crippen LogP contribution in [-0.4, -0.2) is 67.6 Å². The smallest absolute Gasteiger partial charge is 0.213 e. The number of ether oxygens (including phenoxy) is 2. The Morgan fingerprint density at radius 2 is 1.68 bits per heavy atom. The van der Waals surface area contributed by atoms with Crippen molar-refractivity contribution in [3.63, 3.8) is 0 Å². The standard InChI is InChI=1S/C27H32N10O3/c1-18-22(15-29)26(31-10-4-12-39-2)33-27(32-11-5-13-40-3)24(18)34-35-25-20(14-28)17-37(36-25)21-8-6-19(7-9-21)23(38)16-30/h6-9,17H,4-5,10-13,16,30H2,1-3H3,(H2,31,32,33)/b35-34+. The Bertz CT molecular complexity index is 1420. The number of methoxy groups -OCH3 is 2. The minimum atomic E-state index is -0.178. The Labute approximate surface area is 232 Å². The van der Waals surface area contributed by atoms with Gasteiger partial charge in [0.15, 0.2) is 11.6 Å². The SMILES string of the molecule is COCCCNc1nc(NCCCOC)c(/N=N/c2nn(-c3ccc(C(=O)CN)cc3)cc2C#N)c(C)c1C#N. The summed E-state index contributed by atoms with van der Waals surface area (Å²) in [6.45, 7) is 3.95. The Morgan fingerprint density at radius 3 is 2.25 bits per heavy atom. The van der Waals surface area contributed by atoms with Gasteiger partial charge in [0.1, 0.15) is 29.2 Å². The highest BCUT2D eigenvalue weighted by molar-refractivity contribution is 5.97. The number of nitriles is 2. The number of azo groups is 1. The van der Waals surface area contributed by atoms with Crippen LogP contribution >= 0.6 is 0 Å². The van der Waals surface area contributed by atoms with Crippen LogP contribution in [0.4, 0.5) is 23.1 Å². The summed E-state index contributed by atoms with van der Waals surface area (Å²) >= 11 is 0. The molecule has 0 bridgehead atoms. The maximum atomic E-state index is 11.8. The van der Waals surface area contributed by atoms with E-state index in [-0.39, 0.29) is 23.7 Å². The number of pyridine rings is 1. The average Bonchev–Trinajstić information content (AvgIpc) is 3.40. The number of ketones is 1. The molecule has 0 aliphatic rings. The molecule has 208 valence electrons. The van der Waals surface area contributed by atoms with E-state index in [9.17, 15) is 15.3 Å². The zero-order chi connectivity index (χ0) is 28.9. The highest BCUT2D eigenvalue weighted by Crippen LogP contribution is 2.35. The number of nitrogens with two attached hydrogens (primary N) is 1. The second-order valence-corrected chi connectivity index (χ2v) is 8.61. The number of Topliss-reactive ketones (excluding diaryl/α,β-unsaturated/α-hetero) is 1. The third-order valence-corrected chi connectivity index (χ3v) is 5.86. The minimum Gasteiger partial charge on any atom is -0.385 e. The molecule has 2 aromatic heterocycles. The zero-order valence-corrected chi connectivity index (χ0v) is 22.8. The number of hydrogen-bond acceptors (Lipinski definition) is 12. The van der Waals surface area contributed by atoms with Gasteiger partial charge in [0.25, 0.3) is 0 Å². The van der Waals surface area contributed by atoms with E-state index in [0.29, 0.717) is 66.0 Å². The van der Waals surface area contributed by atoms with Crippen LogP contribution in [0, 0.1) is 29.6 Å². The molecule has 3 rings (SSSR count). The molecule has 0 atom stereocenters. The van der Waals surface area contributed by atoms with Crippen LogP contribution in [0.25, 0.3) is 5.69 Å². The van der Waals surface area contributed by atoms with Crippen LogP contribution in [0.5, 0.6) is 0 Å². The summed E-state index contributed by atoms with van der Waals surface area (Å²) in [4.78, 5) is 16.5. The topological polar surface area (TPSA) is 189 Å². The second-order valence-electron chi connectivity index (χ2n) is 8.61. The zero-order valence-electron chi connectivity index (χ0n) is 22.8. The van der Waals surface area contributed by atoms with Crippen LogP contribution in [0.15, 0.2) is 40.7 Å². The first-order chi connectivity index (χ1) is 19.5. The number of anilines is 2. The summed E-state index contributed by atoms with van der Waals surface area (Å²) in [5.74, 6) is 0.781. The number of nitrogens with zero attached hydrogens (tertiary/aromatic N) is 7. The highest BCUT2D eigenvalue weighted by atomic mass is 16.5. The van der Waals surface area contributed by atoms with Crippen LogP contribution in [0.3, 0.4) is 0 Å². The second kappa shape index (κ2) is 15.0. The number of carbonyl (C=O) groups excluding carboxylic acids is 1. The van der Waals surface area contributed by atoms with E-state index >= 15 is 0 Å². The predicted octanol–water partition coefficient (Wildman–Crippen LogP) is 3.77. The van der Waals surface area contributed by atoms with Crippen molar-refractivity contribution in [3.8, 4) is 17.8 Å². The summed E-state index contributed by atoms with van der Waals surface area (Å²) < 4.78 is 11.7. The van der Waals surface area contributed by atoms with Gasteiger partial charge in [-0.2, -0.15) is 10.5 Å². The third-order valence-electron chi connectivity index (χ3n) is 5.86. The van der Waals surface area contributed by atoms with Gasteiger partial charge in [-0.3, -0.25) is 4.79 Å². The quantitative estimate of drug-likeness (QED) is 0.144. The molecular formula is C27H32N10O3. The monoisotopic (exact) mass is 544 g/mol. The van der Waals surface area contributed by atoms with E-state index in [1.165, 1.54) is 10.9 Å². The molecular weight excluding hydrogens is 512 g/mol. The molecule has 0 saturated heterocycles.